The Morgan fingerprint density at radius 3 is 2.50 bits per heavy atom. The van der Waals surface area contributed by atoms with Crippen LogP contribution in [0.3, 0.4) is 0 Å². The van der Waals surface area contributed by atoms with E-state index in [1.807, 2.05) is 0 Å². The number of rotatable bonds is 3. The van der Waals surface area contributed by atoms with Crippen molar-refractivity contribution >= 4 is 11.6 Å². The van der Waals surface area contributed by atoms with E-state index in [0.717, 1.165) is 24.3 Å². The van der Waals surface area contributed by atoms with E-state index in [1.165, 1.54) is 12.1 Å². The SMILES string of the molecule is Nc1ccc(C(=O)NCc2cc(F)ccc2F)cc1F. The second-order valence-corrected chi connectivity index (χ2v) is 4.15. The predicted molar refractivity (Wildman–Crippen MR) is 68.3 cm³/mol. The summed E-state index contributed by atoms with van der Waals surface area (Å²) in [5.41, 5.74) is 5.28. The molecule has 0 fully saturated rings. The summed E-state index contributed by atoms with van der Waals surface area (Å²) in [6.07, 6.45) is 0. The molecule has 0 heterocycles. The molecule has 0 aliphatic carbocycles. The fourth-order valence-electron chi connectivity index (χ4n) is 1.62. The minimum absolute atomic E-state index is 0.00858. The van der Waals surface area contributed by atoms with Gasteiger partial charge in [-0.25, -0.2) is 13.2 Å². The molecule has 0 unspecified atom stereocenters. The molecule has 3 N–H and O–H groups in total. The van der Waals surface area contributed by atoms with Gasteiger partial charge in [0.2, 0.25) is 0 Å². The molecule has 0 radical (unpaired) electrons. The van der Waals surface area contributed by atoms with E-state index in [-0.39, 0.29) is 23.4 Å². The normalized spacial score (nSPS) is 10.3. The van der Waals surface area contributed by atoms with Crippen LogP contribution in [0.2, 0.25) is 0 Å². The minimum atomic E-state index is -0.713. The van der Waals surface area contributed by atoms with Crippen molar-refractivity contribution in [3.63, 3.8) is 0 Å². The van der Waals surface area contributed by atoms with Crippen LogP contribution >= 0.6 is 0 Å². The average molecular weight is 280 g/mol. The van der Waals surface area contributed by atoms with Gasteiger partial charge in [0.05, 0.1) is 5.69 Å². The van der Waals surface area contributed by atoms with Gasteiger partial charge in [0.1, 0.15) is 17.5 Å². The number of hydrogen-bond acceptors (Lipinski definition) is 2. The molecule has 20 heavy (non-hydrogen) atoms. The second-order valence-electron chi connectivity index (χ2n) is 4.15. The van der Waals surface area contributed by atoms with Crippen LogP contribution in [-0.2, 0) is 6.54 Å². The number of anilines is 1. The molecule has 2 aromatic rings. The summed E-state index contributed by atoms with van der Waals surface area (Å²) in [6, 6.07) is 6.52. The maximum atomic E-state index is 13.3. The van der Waals surface area contributed by atoms with Gasteiger partial charge in [0.25, 0.3) is 5.91 Å². The summed E-state index contributed by atoms with van der Waals surface area (Å²) in [6.45, 7) is -0.200. The lowest BCUT2D eigenvalue weighted by Crippen LogP contribution is -2.23. The topological polar surface area (TPSA) is 55.1 Å². The Bertz CT molecular complexity index is 659. The molecule has 2 rings (SSSR count). The predicted octanol–water partition coefficient (Wildman–Crippen LogP) is 2.62. The molecule has 0 aliphatic heterocycles. The zero-order valence-electron chi connectivity index (χ0n) is 10.3. The van der Waals surface area contributed by atoms with Crippen molar-refractivity contribution in [2.75, 3.05) is 5.73 Å². The number of nitrogens with one attached hydrogen (secondary N) is 1. The number of hydrogen-bond donors (Lipinski definition) is 2. The molecule has 0 bridgehead atoms. The van der Waals surface area contributed by atoms with Crippen LogP contribution in [0, 0.1) is 17.5 Å². The Morgan fingerprint density at radius 2 is 1.80 bits per heavy atom. The molecule has 0 spiro atoms. The molecule has 0 atom stereocenters. The summed E-state index contributed by atoms with van der Waals surface area (Å²) >= 11 is 0. The van der Waals surface area contributed by atoms with Crippen molar-refractivity contribution in [1.82, 2.24) is 5.32 Å². The summed E-state index contributed by atoms with van der Waals surface area (Å²) < 4.78 is 39.5. The van der Waals surface area contributed by atoms with Gasteiger partial charge < -0.3 is 11.1 Å². The summed E-state index contributed by atoms with van der Waals surface area (Å²) in [7, 11) is 0. The van der Waals surface area contributed by atoms with Gasteiger partial charge in [-0.15, -0.1) is 0 Å². The highest BCUT2D eigenvalue weighted by molar-refractivity contribution is 5.94. The minimum Gasteiger partial charge on any atom is -0.396 e. The van der Waals surface area contributed by atoms with E-state index in [0.29, 0.717) is 0 Å². The summed E-state index contributed by atoms with van der Waals surface area (Å²) in [5.74, 6) is -2.55. The molecule has 6 heteroatoms. The number of nitrogen functional groups attached to an aromatic ring is 1. The fourth-order valence-corrected chi connectivity index (χ4v) is 1.62. The van der Waals surface area contributed by atoms with E-state index in [1.54, 1.807) is 0 Å². The Labute approximate surface area is 113 Å². The van der Waals surface area contributed by atoms with Crippen molar-refractivity contribution < 1.29 is 18.0 Å². The first-order valence-electron chi connectivity index (χ1n) is 5.74. The van der Waals surface area contributed by atoms with Gasteiger partial charge in [-0.2, -0.15) is 0 Å². The van der Waals surface area contributed by atoms with Crippen LogP contribution in [0.4, 0.5) is 18.9 Å². The maximum Gasteiger partial charge on any atom is 0.251 e. The van der Waals surface area contributed by atoms with E-state index < -0.39 is 23.4 Å². The molecule has 0 saturated heterocycles. The van der Waals surface area contributed by atoms with Crippen LogP contribution in [0.1, 0.15) is 15.9 Å². The van der Waals surface area contributed by atoms with Gasteiger partial charge in [-0.3, -0.25) is 4.79 Å². The van der Waals surface area contributed by atoms with E-state index in [2.05, 4.69) is 5.32 Å². The van der Waals surface area contributed by atoms with E-state index >= 15 is 0 Å². The highest BCUT2D eigenvalue weighted by Gasteiger charge is 2.10. The summed E-state index contributed by atoms with van der Waals surface area (Å²) in [5, 5.41) is 2.38. The number of carbonyl (C=O) groups excluding carboxylic acids is 1. The number of carbonyl (C=O) groups is 1. The van der Waals surface area contributed by atoms with E-state index in [4.69, 9.17) is 5.73 Å². The third kappa shape index (κ3) is 3.09. The molecular weight excluding hydrogens is 269 g/mol. The Kier molecular flexibility index (Phi) is 3.93. The monoisotopic (exact) mass is 280 g/mol. The summed E-state index contributed by atoms with van der Waals surface area (Å²) in [4.78, 5) is 11.7. The Hall–Kier alpha value is -2.50. The molecule has 104 valence electrons. The molecule has 0 aromatic heterocycles. The Balaban J connectivity index is 2.08. The van der Waals surface area contributed by atoms with E-state index in [9.17, 15) is 18.0 Å². The first-order valence-corrected chi connectivity index (χ1v) is 5.74. The van der Waals surface area contributed by atoms with Crippen molar-refractivity contribution in [2.24, 2.45) is 0 Å². The van der Waals surface area contributed by atoms with Crippen LogP contribution in [0.25, 0.3) is 0 Å². The smallest absolute Gasteiger partial charge is 0.251 e. The quantitative estimate of drug-likeness (QED) is 0.849. The largest absolute Gasteiger partial charge is 0.396 e. The first-order chi connectivity index (χ1) is 9.47. The molecule has 0 aliphatic rings. The van der Waals surface area contributed by atoms with Crippen LogP contribution < -0.4 is 11.1 Å². The molecule has 1 amide bonds. The van der Waals surface area contributed by atoms with Crippen molar-refractivity contribution in [3.05, 3.63) is 65.0 Å². The molecular formula is C14H11F3N2O. The third-order valence-electron chi connectivity index (χ3n) is 2.71. The van der Waals surface area contributed by atoms with Crippen LogP contribution in [0.5, 0.6) is 0 Å². The lowest BCUT2D eigenvalue weighted by Gasteiger charge is -2.07. The molecule has 0 saturated carbocycles. The molecule has 3 nitrogen and oxygen atoms in total. The highest BCUT2D eigenvalue weighted by atomic mass is 19.1. The second kappa shape index (κ2) is 5.64. The number of nitrogens with two attached hydrogens (primary N) is 1. The van der Waals surface area contributed by atoms with Crippen LogP contribution in [-0.4, -0.2) is 5.91 Å². The van der Waals surface area contributed by atoms with Gasteiger partial charge >= 0.3 is 0 Å². The fraction of sp³-hybridized carbons (Fsp3) is 0.0714. The zero-order chi connectivity index (χ0) is 14.7. The molecule has 2 aromatic carbocycles. The van der Waals surface area contributed by atoms with Crippen molar-refractivity contribution in [3.8, 4) is 0 Å². The lowest BCUT2D eigenvalue weighted by molar-refractivity contribution is 0.0950. The maximum absolute atomic E-state index is 13.3. The lowest BCUT2D eigenvalue weighted by atomic mass is 10.1. The average Bonchev–Trinajstić information content (AvgIpc) is 2.42. The van der Waals surface area contributed by atoms with Crippen molar-refractivity contribution in [1.29, 1.82) is 0 Å². The standard InChI is InChI=1S/C14H11F3N2O/c15-10-2-3-11(16)9(5-10)7-19-14(20)8-1-4-13(18)12(17)6-8/h1-6H,7,18H2,(H,19,20). The third-order valence-corrected chi connectivity index (χ3v) is 2.71. The highest BCUT2D eigenvalue weighted by Crippen LogP contribution is 2.13. The Morgan fingerprint density at radius 1 is 1.05 bits per heavy atom. The van der Waals surface area contributed by atoms with Crippen molar-refractivity contribution in [2.45, 2.75) is 6.54 Å². The van der Waals surface area contributed by atoms with Crippen LogP contribution in [0.15, 0.2) is 36.4 Å². The van der Waals surface area contributed by atoms with Gasteiger partial charge in [0.15, 0.2) is 0 Å². The number of benzene rings is 2. The first kappa shape index (κ1) is 13.9. The number of halogens is 3. The van der Waals surface area contributed by atoms with Gasteiger partial charge in [0, 0.05) is 17.7 Å². The zero-order valence-corrected chi connectivity index (χ0v) is 10.3. The van der Waals surface area contributed by atoms with Gasteiger partial charge in [-0.1, -0.05) is 0 Å². The number of amides is 1. The van der Waals surface area contributed by atoms with Gasteiger partial charge in [-0.05, 0) is 36.4 Å².